The topological polar surface area (TPSA) is 90.7 Å². The van der Waals surface area contributed by atoms with Gasteiger partial charge in [0.05, 0.1) is 19.4 Å². The molecule has 24 heavy (non-hydrogen) atoms. The molecule has 1 heterocycles. The first kappa shape index (κ1) is 19.0. The van der Waals surface area contributed by atoms with Crippen molar-refractivity contribution >= 4 is 19.2 Å². The van der Waals surface area contributed by atoms with Gasteiger partial charge in [0.15, 0.2) is 0 Å². The molecular formula is C17H27N2O4P. The third kappa shape index (κ3) is 4.82. The quantitative estimate of drug-likeness (QED) is 0.663. The van der Waals surface area contributed by atoms with Gasteiger partial charge in [-0.1, -0.05) is 18.2 Å². The summed E-state index contributed by atoms with van der Waals surface area (Å²) in [6.45, 7) is 4.37. The molecule has 1 aromatic carbocycles. The molecule has 2 atom stereocenters. The number of primary amides is 1. The van der Waals surface area contributed by atoms with Gasteiger partial charge in [-0.05, 0) is 50.7 Å². The predicted octanol–water partition coefficient (Wildman–Crippen LogP) is 3.49. The van der Waals surface area contributed by atoms with Crippen LogP contribution in [0.3, 0.4) is 0 Å². The summed E-state index contributed by atoms with van der Waals surface area (Å²) in [6.07, 6.45) is 2.57. The van der Waals surface area contributed by atoms with E-state index in [0.29, 0.717) is 32.2 Å². The summed E-state index contributed by atoms with van der Waals surface area (Å²) in [4.78, 5) is 11.6. The highest BCUT2D eigenvalue weighted by atomic mass is 31.2. The lowest BCUT2D eigenvalue weighted by atomic mass is 9.84. The maximum Gasteiger partial charge on any atom is 0.330 e. The normalized spacial score (nSPS) is 20.2. The van der Waals surface area contributed by atoms with Gasteiger partial charge in [0, 0.05) is 5.69 Å². The Bertz CT molecular complexity index is 598. The highest BCUT2D eigenvalue weighted by Gasteiger charge is 2.30. The number of nitrogens with two attached hydrogens (primary N) is 1. The number of anilines is 1. The zero-order valence-corrected chi connectivity index (χ0v) is 15.3. The summed E-state index contributed by atoms with van der Waals surface area (Å²) >= 11 is 0. The molecule has 2 rings (SSSR count). The van der Waals surface area contributed by atoms with E-state index in [4.69, 9.17) is 14.8 Å². The standard InChI is InChI=1S/C17H27N2O4P/c1-3-22-24(21,23-4-2)11-7-8-13-12-16(17(18)20)19-15-10-6-5-9-14(13)15/h5-6,9-10,13,16,19H,3-4,7-8,11-12H2,1-2H3,(H2,18,20). The number of benzene rings is 1. The van der Waals surface area contributed by atoms with Gasteiger partial charge < -0.3 is 20.1 Å². The molecule has 134 valence electrons. The van der Waals surface area contributed by atoms with Gasteiger partial charge in [-0.25, -0.2) is 0 Å². The number of fused-ring (bicyclic) bond motifs is 1. The molecule has 3 N–H and O–H groups in total. The van der Waals surface area contributed by atoms with Crippen LogP contribution in [-0.2, 0) is 18.4 Å². The summed E-state index contributed by atoms with van der Waals surface area (Å²) in [5, 5.41) is 3.19. The molecule has 1 aliphatic rings. The molecule has 0 aliphatic carbocycles. The number of rotatable bonds is 9. The fraction of sp³-hybridized carbons (Fsp3) is 0.588. The van der Waals surface area contributed by atoms with E-state index in [1.807, 2.05) is 32.0 Å². The first-order valence-corrected chi connectivity index (χ1v) is 10.2. The number of carbonyl (C=O) groups excluding carboxylic acids is 1. The molecular weight excluding hydrogens is 327 g/mol. The molecule has 0 radical (unpaired) electrons. The van der Waals surface area contributed by atoms with Crippen LogP contribution < -0.4 is 11.1 Å². The Morgan fingerprint density at radius 3 is 2.58 bits per heavy atom. The molecule has 6 nitrogen and oxygen atoms in total. The first-order chi connectivity index (χ1) is 11.5. The van der Waals surface area contributed by atoms with Gasteiger partial charge in [-0.15, -0.1) is 0 Å². The number of para-hydroxylation sites is 1. The molecule has 0 saturated carbocycles. The van der Waals surface area contributed by atoms with E-state index in [0.717, 1.165) is 12.1 Å². The van der Waals surface area contributed by atoms with Gasteiger partial charge in [-0.3, -0.25) is 9.36 Å². The van der Waals surface area contributed by atoms with Crippen molar-refractivity contribution in [2.24, 2.45) is 5.73 Å². The van der Waals surface area contributed by atoms with Crippen molar-refractivity contribution in [3.05, 3.63) is 29.8 Å². The molecule has 1 aliphatic heterocycles. The van der Waals surface area contributed by atoms with Crippen molar-refractivity contribution < 1.29 is 18.4 Å². The Morgan fingerprint density at radius 1 is 1.29 bits per heavy atom. The van der Waals surface area contributed by atoms with Crippen LogP contribution in [0.4, 0.5) is 5.69 Å². The SMILES string of the molecule is CCOP(=O)(CCCC1CC(C(N)=O)Nc2ccccc21)OCC. The van der Waals surface area contributed by atoms with E-state index in [9.17, 15) is 9.36 Å². The third-order valence-electron chi connectivity index (χ3n) is 4.23. The monoisotopic (exact) mass is 354 g/mol. The Kier molecular flexibility index (Phi) is 6.84. The van der Waals surface area contributed by atoms with Crippen LogP contribution in [-0.4, -0.2) is 31.3 Å². The van der Waals surface area contributed by atoms with Gasteiger partial charge in [0.1, 0.15) is 6.04 Å². The van der Waals surface area contributed by atoms with Gasteiger partial charge in [0.2, 0.25) is 5.91 Å². The third-order valence-corrected chi connectivity index (χ3v) is 6.40. The Hall–Kier alpha value is -1.36. The summed E-state index contributed by atoms with van der Waals surface area (Å²) < 4.78 is 23.2. The summed E-state index contributed by atoms with van der Waals surface area (Å²) in [7, 11) is -3.01. The molecule has 0 bridgehead atoms. The number of hydrogen-bond acceptors (Lipinski definition) is 5. The molecule has 0 saturated heterocycles. The van der Waals surface area contributed by atoms with Crippen molar-refractivity contribution in [3.63, 3.8) is 0 Å². The van der Waals surface area contributed by atoms with E-state index in [2.05, 4.69) is 11.4 Å². The minimum atomic E-state index is -3.01. The number of nitrogens with one attached hydrogen (secondary N) is 1. The molecule has 0 aromatic heterocycles. The van der Waals surface area contributed by atoms with Crippen LogP contribution >= 0.6 is 7.60 Å². The van der Waals surface area contributed by atoms with Crippen LogP contribution in [0, 0.1) is 0 Å². The fourth-order valence-corrected chi connectivity index (χ4v) is 4.88. The lowest BCUT2D eigenvalue weighted by molar-refractivity contribution is -0.119. The maximum absolute atomic E-state index is 12.5. The van der Waals surface area contributed by atoms with E-state index < -0.39 is 7.60 Å². The molecule has 1 aromatic rings. The van der Waals surface area contributed by atoms with Crippen LogP contribution in [0.2, 0.25) is 0 Å². The average Bonchev–Trinajstić information content (AvgIpc) is 2.55. The van der Waals surface area contributed by atoms with Crippen LogP contribution in [0.25, 0.3) is 0 Å². The smallest absolute Gasteiger partial charge is 0.330 e. The molecule has 2 unspecified atom stereocenters. The minimum absolute atomic E-state index is 0.205. The first-order valence-electron chi connectivity index (χ1n) is 8.52. The number of hydrogen-bond donors (Lipinski definition) is 2. The van der Waals surface area contributed by atoms with Crippen molar-refractivity contribution in [3.8, 4) is 0 Å². The Labute approximate surface area is 143 Å². The van der Waals surface area contributed by atoms with Crippen LogP contribution in [0.5, 0.6) is 0 Å². The lowest BCUT2D eigenvalue weighted by Gasteiger charge is -2.32. The van der Waals surface area contributed by atoms with E-state index in [1.54, 1.807) is 0 Å². The van der Waals surface area contributed by atoms with E-state index in [-0.39, 0.29) is 17.9 Å². The molecule has 7 heteroatoms. The minimum Gasteiger partial charge on any atom is -0.373 e. The van der Waals surface area contributed by atoms with Crippen molar-refractivity contribution in [1.82, 2.24) is 0 Å². The Balaban J connectivity index is 2.03. The van der Waals surface area contributed by atoms with Crippen molar-refractivity contribution in [2.45, 2.75) is 45.1 Å². The largest absolute Gasteiger partial charge is 0.373 e. The zero-order chi connectivity index (χ0) is 17.6. The average molecular weight is 354 g/mol. The second-order valence-corrected chi connectivity index (χ2v) is 8.12. The molecule has 0 spiro atoms. The fourth-order valence-electron chi connectivity index (χ4n) is 3.19. The van der Waals surface area contributed by atoms with Gasteiger partial charge in [-0.2, -0.15) is 0 Å². The molecule has 0 fully saturated rings. The van der Waals surface area contributed by atoms with Gasteiger partial charge in [0.25, 0.3) is 0 Å². The van der Waals surface area contributed by atoms with Gasteiger partial charge >= 0.3 is 7.60 Å². The Morgan fingerprint density at radius 2 is 1.96 bits per heavy atom. The van der Waals surface area contributed by atoms with Crippen molar-refractivity contribution in [1.29, 1.82) is 0 Å². The zero-order valence-electron chi connectivity index (χ0n) is 14.4. The second-order valence-electron chi connectivity index (χ2n) is 5.93. The number of amides is 1. The summed E-state index contributed by atoms with van der Waals surface area (Å²) in [5.41, 5.74) is 7.61. The second kappa shape index (κ2) is 8.65. The molecule has 1 amide bonds. The highest BCUT2D eigenvalue weighted by Crippen LogP contribution is 2.49. The van der Waals surface area contributed by atoms with Crippen LogP contribution in [0.15, 0.2) is 24.3 Å². The van der Waals surface area contributed by atoms with Crippen LogP contribution in [0.1, 0.15) is 44.6 Å². The van der Waals surface area contributed by atoms with E-state index in [1.165, 1.54) is 5.56 Å². The summed E-state index contributed by atoms with van der Waals surface area (Å²) in [5.74, 6) is -0.138. The summed E-state index contributed by atoms with van der Waals surface area (Å²) in [6, 6.07) is 7.58. The van der Waals surface area contributed by atoms with Crippen molar-refractivity contribution in [2.75, 3.05) is 24.7 Å². The highest BCUT2D eigenvalue weighted by molar-refractivity contribution is 7.53. The lowest BCUT2D eigenvalue weighted by Crippen LogP contribution is -2.39. The maximum atomic E-state index is 12.5. The number of carbonyl (C=O) groups is 1. The predicted molar refractivity (Wildman–Crippen MR) is 95.4 cm³/mol. The van der Waals surface area contributed by atoms with E-state index >= 15 is 0 Å².